The molecular formula is C2H8S3. The first-order valence-corrected chi connectivity index (χ1v) is 5.74. The van der Waals surface area contributed by atoms with Crippen LogP contribution in [0.5, 0.6) is 0 Å². The van der Waals surface area contributed by atoms with Gasteiger partial charge < -0.3 is 0 Å². The first-order chi connectivity index (χ1) is 2.00. The Kier molecular flexibility index (Phi) is 2.02. The third kappa shape index (κ3) is 42.6. The van der Waals surface area contributed by atoms with E-state index >= 15 is 0 Å². The normalized spacial score (nSPS) is 15.2. The van der Waals surface area contributed by atoms with Gasteiger partial charge in [-0.05, 0) is 12.5 Å². The average molecular weight is 128 g/mol. The first-order valence-electron chi connectivity index (χ1n) is 1.18. The van der Waals surface area contributed by atoms with E-state index < -0.39 is 8.09 Å². The van der Waals surface area contributed by atoms with Crippen LogP contribution in [-0.2, 0) is 0 Å². The highest BCUT2D eigenvalue weighted by Gasteiger charge is 1.89. The van der Waals surface area contributed by atoms with Crippen molar-refractivity contribution in [2.45, 2.75) is 0 Å². The van der Waals surface area contributed by atoms with Crippen LogP contribution in [0.4, 0.5) is 0 Å². The highest BCUT2D eigenvalue weighted by Crippen LogP contribution is 2.48. The van der Waals surface area contributed by atoms with Gasteiger partial charge in [-0.3, -0.25) is 0 Å². The van der Waals surface area contributed by atoms with Crippen molar-refractivity contribution >= 4 is 31.4 Å². The van der Waals surface area contributed by atoms with Crippen LogP contribution in [0, 0.1) is 0 Å². The summed E-state index contributed by atoms with van der Waals surface area (Å²) in [5.41, 5.74) is 0. The Bertz CT molecular complexity index is 20.4. The van der Waals surface area contributed by atoms with E-state index in [-0.39, 0.29) is 0 Å². The first kappa shape index (κ1) is 6.05. The fourth-order valence-electron chi connectivity index (χ4n) is 0. The SMILES string of the molecule is CS(C)(S)S. The highest BCUT2D eigenvalue weighted by molar-refractivity contribution is 9.17. The van der Waals surface area contributed by atoms with Crippen LogP contribution < -0.4 is 0 Å². The summed E-state index contributed by atoms with van der Waals surface area (Å²) >= 11 is 8.14. The van der Waals surface area contributed by atoms with E-state index in [0.29, 0.717) is 0 Å². The third-order valence-corrected chi connectivity index (χ3v) is 0. The Morgan fingerprint density at radius 3 is 1.20 bits per heavy atom. The zero-order valence-electron chi connectivity index (χ0n) is 3.30. The molecule has 0 atom stereocenters. The fraction of sp³-hybridized carbons (Fsp3) is 1.00. The van der Waals surface area contributed by atoms with Gasteiger partial charge in [-0.1, -0.05) is 0 Å². The van der Waals surface area contributed by atoms with Gasteiger partial charge in [-0.15, -0.1) is 23.3 Å². The van der Waals surface area contributed by atoms with E-state index in [1.54, 1.807) is 0 Å². The van der Waals surface area contributed by atoms with Crippen LogP contribution in [0.3, 0.4) is 0 Å². The molecule has 34 valence electrons. The molecule has 5 heavy (non-hydrogen) atoms. The maximum absolute atomic E-state index is 4.07. The predicted octanol–water partition coefficient (Wildman–Crippen LogP) is 1.74. The molecule has 0 radical (unpaired) electrons. The lowest BCUT2D eigenvalue weighted by Crippen LogP contribution is -1.63. The van der Waals surface area contributed by atoms with Gasteiger partial charge in [0.05, 0.1) is 0 Å². The summed E-state index contributed by atoms with van der Waals surface area (Å²) in [5.74, 6) is 0. The van der Waals surface area contributed by atoms with Crippen molar-refractivity contribution in [1.82, 2.24) is 0 Å². The summed E-state index contributed by atoms with van der Waals surface area (Å²) in [6, 6.07) is 0. The maximum Gasteiger partial charge on any atom is -0.0177 e. The molecule has 0 heterocycles. The maximum atomic E-state index is 4.07. The molecule has 0 aliphatic heterocycles. The van der Waals surface area contributed by atoms with Gasteiger partial charge in [0.15, 0.2) is 0 Å². The van der Waals surface area contributed by atoms with Crippen LogP contribution in [0.25, 0.3) is 0 Å². The topological polar surface area (TPSA) is 0 Å². The van der Waals surface area contributed by atoms with Gasteiger partial charge in [-0.25, -0.2) is 0 Å². The van der Waals surface area contributed by atoms with Crippen molar-refractivity contribution in [1.29, 1.82) is 0 Å². The molecule has 0 fully saturated rings. The summed E-state index contributed by atoms with van der Waals surface area (Å²) in [6.07, 6.45) is 4.00. The second-order valence-corrected chi connectivity index (χ2v) is 10.0. The van der Waals surface area contributed by atoms with Crippen molar-refractivity contribution in [2.75, 3.05) is 12.5 Å². The van der Waals surface area contributed by atoms with Crippen molar-refractivity contribution in [3.8, 4) is 0 Å². The van der Waals surface area contributed by atoms with Crippen LogP contribution in [0.2, 0.25) is 0 Å². The van der Waals surface area contributed by atoms with Gasteiger partial charge >= 0.3 is 0 Å². The quantitative estimate of drug-likeness (QED) is 0.360. The lowest BCUT2D eigenvalue weighted by molar-refractivity contribution is 2.34. The standard InChI is InChI=1S/C2H8S3/c1-5(2,3)4/h3-4H,1-2H3. The molecule has 0 spiro atoms. The number of hydrogen-bond acceptors (Lipinski definition) is 2. The van der Waals surface area contributed by atoms with Crippen molar-refractivity contribution < 1.29 is 0 Å². The Morgan fingerprint density at radius 1 is 1.20 bits per heavy atom. The van der Waals surface area contributed by atoms with Gasteiger partial charge in [0.1, 0.15) is 0 Å². The summed E-state index contributed by atoms with van der Waals surface area (Å²) in [6.45, 7) is 0. The lowest BCUT2D eigenvalue weighted by atomic mass is 11.9. The van der Waals surface area contributed by atoms with Crippen LogP contribution in [0.15, 0.2) is 0 Å². The third-order valence-electron chi connectivity index (χ3n) is 0. The molecule has 0 bridgehead atoms. The smallest absolute Gasteiger partial charge is 0.0177 e. The molecule has 0 unspecified atom stereocenters. The van der Waals surface area contributed by atoms with Gasteiger partial charge in [0, 0.05) is 0 Å². The van der Waals surface area contributed by atoms with Crippen molar-refractivity contribution in [2.24, 2.45) is 0 Å². The lowest BCUT2D eigenvalue weighted by Gasteiger charge is -2.11. The fourth-order valence-corrected chi connectivity index (χ4v) is 0. The van der Waals surface area contributed by atoms with Gasteiger partial charge in [0.25, 0.3) is 0 Å². The van der Waals surface area contributed by atoms with E-state index in [1.807, 2.05) is 12.5 Å². The zero-order chi connectivity index (χ0) is 4.50. The van der Waals surface area contributed by atoms with Gasteiger partial charge in [0.2, 0.25) is 0 Å². The Balaban J connectivity index is 3.02. The molecule has 0 saturated heterocycles. The minimum atomic E-state index is -0.778. The molecular weight excluding hydrogens is 120 g/mol. The van der Waals surface area contributed by atoms with E-state index in [2.05, 4.69) is 23.3 Å². The molecule has 0 saturated carbocycles. The van der Waals surface area contributed by atoms with Crippen molar-refractivity contribution in [3.05, 3.63) is 0 Å². The minimum Gasteiger partial charge on any atom is -0.155 e. The molecule has 3 heteroatoms. The molecule has 0 aromatic heterocycles. The molecule has 0 aliphatic carbocycles. The molecule has 0 amide bonds. The zero-order valence-corrected chi connectivity index (χ0v) is 5.91. The van der Waals surface area contributed by atoms with Crippen LogP contribution in [-0.4, -0.2) is 12.5 Å². The summed E-state index contributed by atoms with van der Waals surface area (Å²) in [7, 11) is -0.778. The van der Waals surface area contributed by atoms with E-state index in [9.17, 15) is 0 Å². The Morgan fingerprint density at radius 2 is 1.20 bits per heavy atom. The van der Waals surface area contributed by atoms with Gasteiger partial charge in [-0.2, -0.15) is 8.09 Å². The summed E-state index contributed by atoms with van der Waals surface area (Å²) in [5, 5.41) is 0. The molecule has 0 nitrogen and oxygen atoms in total. The summed E-state index contributed by atoms with van der Waals surface area (Å²) < 4.78 is 0. The molecule has 0 aromatic rings. The number of hydrogen-bond donors (Lipinski definition) is 2. The highest BCUT2D eigenvalue weighted by atomic mass is 33.5. The monoisotopic (exact) mass is 128 g/mol. The van der Waals surface area contributed by atoms with E-state index in [1.165, 1.54) is 0 Å². The molecule has 0 aliphatic rings. The Labute approximate surface area is 44.3 Å². The number of rotatable bonds is 0. The largest absolute Gasteiger partial charge is 0.155 e. The second kappa shape index (κ2) is 1.67. The predicted molar refractivity (Wildman–Crippen MR) is 37.4 cm³/mol. The average Bonchev–Trinajstić information content (AvgIpc) is 0.722. The molecule has 0 aromatic carbocycles. The number of thiol groups is 2. The second-order valence-electron chi connectivity index (χ2n) is 1.22. The van der Waals surface area contributed by atoms with E-state index in [4.69, 9.17) is 0 Å². The summed E-state index contributed by atoms with van der Waals surface area (Å²) in [4.78, 5) is 0. The van der Waals surface area contributed by atoms with Crippen LogP contribution >= 0.6 is 31.4 Å². The van der Waals surface area contributed by atoms with Crippen LogP contribution in [0.1, 0.15) is 0 Å². The molecule has 0 N–H and O–H groups in total. The van der Waals surface area contributed by atoms with Crippen molar-refractivity contribution in [3.63, 3.8) is 0 Å². The Hall–Kier alpha value is 1.05. The molecule has 0 rings (SSSR count). The van der Waals surface area contributed by atoms with E-state index in [0.717, 1.165) is 0 Å². The minimum absolute atomic E-state index is 0.778.